The molecule has 9 nitrogen and oxygen atoms in total. The highest BCUT2D eigenvalue weighted by atomic mass is 16.5. The second kappa shape index (κ2) is 21.8. The number of carbonyl (C=O) groups is 3. The molecular weight excluding hydrogens is 560 g/mol. The predicted octanol–water partition coefficient (Wildman–Crippen LogP) is 4.32. The zero-order valence-electron chi connectivity index (χ0n) is 25.8. The molecule has 2 amide bonds. The van der Waals surface area contributed by atoms with E-state index < -0.39 is 18.1 Å². The number of aliphatic hydroxyl groups excluding tert-OH is 1. The third-order valence-electron chi connectivity index (χ3n) is 7.09. The lowest BCUT2D eigenvalue weighted by atomic mass is 9.93. The van der Waals surface area contributed by atoms with Crippen molar-refractivity contribution in [1.82, 2.24) is 10.6 Å². The molecule has 0 aliphatic carbocycles. The Hall–Kier alpha value is -3.79. The molecule has 0 saturated carbocycles. The summed E-state index contributed by atoms with van der Waals surface area (Å²) in [7, 11) is 1.52. The summed E-state index contributed by atoms with van der Waals surface area (Å²) in [5.74, 6) is -2.12. The van der Waals surface area contributed by atoms with Gasteiger partial charge in [0.05, 0.1) is 44.3 Å². The maximum Gasteiger partial charge on any atom is 0.309 e. The number of esters is 1. The number of carbonyl (C=O) groups excluding carboxylic acids is 3. The Labute approximate surface area is 261 Å². The SMILES string of the molecule is C=CCCCC(Cc1ccccc1)C(=O)OC(c1ccccc1)C(COC)NC(=O)C(CC=C)CC(=O)NCCOCCO. The standard InChI is InChI=1S/C35H48N2O7/c1-4-6-9-19-30(24-27-15-10-7-11-16-27)35(41)44-33(28-17-12-8-13-18-28)31(26-42-3)37-34(40)29(14-5-2)25-32(39)36-20-22-43-23-21-38/h4-5,7-8,10-13,15-18,29-31,33,38H,1-2,6,9,14,19-26H2,3H3,(H,36,39)(H,37,40). The van der Waals surface area contributed by atoms with Gasteiger partial charge in [0.25, 0.3) is 0 Å². The summed E-state index contributed by atoms with van der Waals surface area (Å²) < 4.78 is 16.9. The molecule has 0 fully saturated rings. The van der Waals surface area contributed by atoms with E-state index >= 15 is 0 Å². The zero-order chi connectivity index (χ0) is 32.0. The lowest BCUT2D eigenvalue weighted by Gasteiger charge is -2.30. The van der Waals surface area contributed by atoms with Crippen molar-refractivity contribution in [2.75, 3.05) is 40.1 Å². The molecule has 0 spiro atoms. The molecular formula is C35H48N2O7. The molecule has 9 heteroatoms. The fraction of sp³-hybridized carbons (Fsp3) is 0.457. The van der Waals surface area contributed by atoms with Crippen molar-refractivity contribution in [3.05, 3.63) is 97.1 Å². The molecule has 4 atom stereocenters. The van der Waals surface area contributed by atoms with E-state index in [2.05, 4.69) is 23.8 Å². The summed E-state index contributed by atoms with van der Waals surface area (Å²) in [6.45, 7) is 8.24. The largest absolute Gasteiger partial charge is 0.455 e. The monoisotopic (exact) mass is 608 g/mol. The minimum Gasteiger partial charge on any atom is -0.455 e. The number of aliphatic hydroxyl groups is 1. The van der Waals surface area contributed by atoms with Crippen molar-refractivity contribution >= 4 is 17.8 Å². The van der Waals surface area contributed by atoms with Crippen LogP contribution in [0.3, 0.4) is 0 Å². The first-order chi connectivity index (χ1) is 21.4. The Morgan fingerprint density at radius 1 is 0.955 bits per heavy atom. The van der Waals surface area contributed by atoms with E-state index in [0.29, 0.717) is 18.4 Å². The molecule has 0 aromatic heterocycles. The van der Waals surface area contributed by atoms with Crippen molar-refractivity contribution in [2.45, 2.75) is 50.7 Å². The number of methoxy groups -OCH3 is 1. The minimum absolute atomic E-state index is 0.0597. The molecule has 3 N–H and O–H groups in total. The third kappa shape index (κ3) is 13.7. The number of allylic oxidation sites excluding steroid dienone is 2. The van der Waals surface area contributed by atoms with Gasteiger partial charge in [-0.25, -0.2) is 0 Å². The molecule has 2 aromatic carbocycles. The molecule has 0 aliphatic heterocycles. The summed E-state index contributed by atoms with van der Waals surface area (Å²) in [5.41, 5.74) is 1.75. The van der Waals surface area contributed by atoms with Gasteiger partial charge in [-0.2, -0.15) is 0 Å². The molecule has 0 heterocycles. The average Bonchev–Trinajstić information content (AvgIpc) is 3.03. The first kappa shape index (κ1) is 36.4. The van der Waals surface area contributed by atoms with E-state index in [9.17, 15) is 14.4 Å². The number of hydrogen-bond donors (Lipinski definition) is 3. The maximum absolute atomic E-state index is 13.8. The number of ether oxygens (including phenoxy) is 3. The van der Waals surface area contributed by atoms with E-state index in [4.69, 9.17) is 19.3 Å². The van der Waals surface area contributed by atoms with Crippen molar-refractivity contribution in [3.63, 3.8) is 0 Å². The van der Waals surface area contributed by atoms with Crippen LogP contribution in [0.15, 0.2) is 86.0 Å². The van der Waals surface area contributed by atoms with Gasteiger partial charge in [0.15, 0.2) is 0 Å². The minimum atomic E-state index is -0.827. The van der Waals surface area contributed by atoms with E-state index in [1.165, 1.54) is 7.11 Å². The Bertz CT molecular complexity index is 1130. The average molecular weight is 609 g/mol. The van der Waals surface area contributed by atoms with Crippen LogP contribution in [0.2, 0.25) is 0 Å². The van der Waals surface area contributed by atoms with Gasteiger partial charge in [0.2, 0.25) is 11.8 Å². The second-order valence-corrected chi connectivity index (χ2v) is 10.6. The highest BCUT2D eigenvalue weighted by Gasteiger charge is 2.33. The fourth-order valence-electron chi connectivity index (χ4n) is 4.85. The molecule has 2 aromatic rings. The van der Waals surface area contributed by atoms with Crippen LogP contribution in [-0.2, 0) is 35.0 Å². The van der Waals surface area contributed by atoms with Crippen molar-refractivity contribution < 1.29 is 33.7 Å². The van der Waals surface area contributed by atoms with Gasteiger partial charge in [-0.05, 0) is 43.2 Å². The van der Waals surface area contributed by atoms with E-state index in [1.807, 2.05) is 66.7 Å². The molecule has 0 radical (unpaired) electrons. The van der Waals surface area contributed by atoms with Gasteiger partial charge in [-0.1, -0.05) is 72.8 Å². The number of hydrogen-bond acceptors (Lipinski definition) is 7. The first-order valence-corrected chi connectivity index (χ1v) is 15.2. The van der Waals surface area contributed by atoms with Crippen LogP contribution in [-0.4, -0.2) is 69.0 Å². The third-order valence-corrected chi connectivity index (χ3v) is 7.09. The van der Waals surface area contributed by atoms with Crippen LogP contribution in [0.25, 0.3) is 0 Å². The van der Waals surface area contributed by atoms with Crippen LogP contribution < -0.4 is 10.6 Å². The van der Waals surface area contributed by atoms with Gasteiger partial charge >= 0.3 is 5.97 Å². The number of amides is 2. The number of benzene rings is 2. The van der Waals surface area contributed by atoms with E-state index in [0.717, 1.165) is 18.4 Å². The summed E-state index contributed by atoms with van der Waals surface area (Å²) in [6.07, 6.45) is 5.57. The molecule has 0 aliphatic rings. The maximum atomic E-state index is 13.8. The summed E-state index contributed by atoms with van der Waals surface area (Å²) in [5, 5.41) is 14.5. The zero-order valence-corrected chi connectivity index (χ0v) is 25.8. The van der Waals surface area contributed by atoms with Crippen LogP contribution in [0.1, 0.15) is 49.3 Å². The Morgan fingerprint density at radius 2 is 1.66 bits per heavy atom. The Balaban J connectivity index is 2.24. The molecule has 0 saturated heterocycles. The summed E-state index contributed by atoms with van der Waals surface area (Å²) in [4.78, 5) is 39.9. The highest BCUT2D eigenvalue weighted by molar-refractivity contribution is 5.86. The van der Waals surface area contributed by atoms with Gasteiger partial charge < -0.3 is 30.0 Å². The van der Waals surface area contributed by atoms with Gasteiger partial charge in [0, 0.05) is 20.1 Å². The number of nitrogens with one attached hydrogen (secondary N) is 2. The molecule has 44 heavy (non-hydrogen) atoms. The van der Waals surface area contributed by atoms with Crippen molar-refractivity contribution in [1.29, 1.82) is 0 Å². The van der Waals surface area contributed by atoms with Crippen LogP contribution in [0.4, 0.5) is 0 Å². The smallest absolute Gasteiger partial charge is 0.309 e. The quantitative estimate of drug-likeness (QED) is 0.0975. The van der Waals surface area contributed by atoms with Gasteiger partial charge in [-0.3, -0.25) is 14.4 Å². The second-order valence-electron chi connectivity index (χ2n) is 10.6. The van der Waals surface area contributed by atoms with E-state index in [-0.39, 0.29) is 69.5 Å². The van der Waals surface area contributed by atoms with Crippen LogP contribution >= 0.6 is 0 Å². The highest BCUT2D eigenvalue weighted by Crippen LogP contribution is 2.27. The fourth-order valence-corrected chi connectivity index (χ4v) is 4.85. The summed E-state index contributed by atoms with van der Waals surface area (Å²) >= 11 is 0. The normalized spacial score (nSPS) is 13.6. The number of rotatable bonds is 23. The number of unbranched alkanes of at least 4 members (excludes halogenated alkanes) is 1. The van der Waals surface area contributed by atoms with Crippen LogP contribution in [0, 0.1) is 11.8 Å². The molecule has 2 rings (SSSR count). The topological polar surface area (TPSA) is 123 Å². The van der Waals surface area contributed by atoms with E-state index in [1.54, 1.807) is 6.08 Å². The molecule has 240 valence electrons. The Kier molecular flexibility index (Phi) is 18.1. The Morgan fingerprint density at radius 3 is 2.30 bits per heavy atom. The van der Waals surface area contributed by atoms with Gasteiger partial charge in [0.1, 0.15) is 6.10 Å². The summed E-state index contributed by atoms with van der Waals surface area (Å²) in [6, 6.07) is 18.4. The molecule has 0 bridgehead atoms. The lowest BCUT2D eigenvalue weighted by molar-refractivity contribution is -0.158. The molecule has 4 unspecified atom stereocenters. The van der Waals surface area contributed by atoms with Crippen molar-refractivity contribution in [3.8, 4) is 0 Å². The predicted molar refractivity (Wildman–Crippen MR) is 171 cm³/mol. The lowest BCUT2D eigenvalue weighted by Crippen LogP contribution is -2.47. The van der Waals surface area contributed by atoms with Gasteiger partial charge in [-0.15, -0.1) is 13.2 Å². The first-order valence-electron chi connectivity index (χ1n) is 15.2. The van der Waals surface area contributed by atoms with Crippen LogP contribution in [0.5, 0.6) is 0 Å². The van der Waals surface area contributed by atoms with Crippen molar-refractivity contribution in [2.24, 2.45) is 11.8 Å².